The molecule has 2 aliphatic rings. The number of benzene rings is 1. The lowest BCUT2D eigenvalue weighted by Crippen LogP contribution is -2.53. The monoisotopic (exact) mass is 392 g/mol. The topological polar surface area (TPSA) is 38.8 Å². The van der Waals surface area contributed by atoms with E-state index in [1.807, 2.05) is 4.90 Å². The van der Waals surface area contributed by atoms with E-state index in [0.717, 1.165) is 45.0 Å². The highest BCUT2D eigenvalue weighted by atomic mass is 32.1. The molecular formula is C20H29FN4OS. The van der Waals surface area contributed by atoms with Crippen molar-refractivity contribution < 1.29 is 9.18 Å². The smallest absolute Gasteiger partial charge is 0.236 e. The van der Waals surface area contributed by atoms with Gasteiger partial charge in [0.15, 0.2) is 5.11 Å². The van der Waals surface area contributed by atoms with Crippen molar-refractivity contribution in [1.29, 1.82) is 0 Å². The zero-order valence-corrected chi connectivity index (χ0v) is 17.0. The van der Waals surface area contributed by atoms with Gasteiger partial charge in [0.25, 0.3) is 0 Å². The van der Waals surface area contributed by atoms with E-state index in [1.165, 1.54) is 18.6 Å². The van der Waals surface area contributed by atoms with Gasteiger partial charge in [0.2, 0.25) is 5.91 Å². The average Bonchev–Trinajstić information content (AvgIpc) is 2.63. The van der Waals surface area contributed by atoms with Crippen molar-refractivity contribution in [3.8, 4) is 0 Å². The molecule has 2 atom stereocenters. The summed E-state index contributed by atoms with van der Waals surface area (Å²) in [5.74, 6) is 1.16. The number of nitrogens with zero attached hydrogens (tertiary/aromatic N) is 3. The van der Waals surface area contributed by atoms with E-state index in [1.54, 1.807) is 12.1 Å². The Bertz CT molecular complexity index is 650. The molecule has 148 valence electrons. The third-order valence-corrected chi connectivity index (χ3v) is 5.70. The molecule has 0 radical (unpaired) electrons. The summed E-state index contributed by atoms with van der Waals surface area (Å²) in [6, 6.07) is 6.18. The lowest BCUT2D eigenvalue weighted by atomic mass is 9.92. The summed E-state index contributed by atoms with van der Waals surface area (Å²) >= 11 is 5.47. The number of thiocarbonyl (C=S) groups is 1. The second kappa shape index (κ2) is 8.97. The summed E-state index contributed by atoms with van der Waals surface area (Å²) in [7, 11) is 0. The lowest BCUT2D eigenvalue weighted by molar-refractivity contribution is -0.135. The van der Waals surface area contributed by atoms with E-state index >= 15 is 0 Å². The molecule has 5 nitrogen and oxygen atoms in total. The maximum absolute atomic E-state index is 13.0. The summed E-state index contributed by atoms with van der Waals surface area (Å²) in [4.78, 5) is 19.0. The lowest BCUT2D eigenvalue weighted by Gasteiger charge is -2.39. The molecule has 1 aromatic carbocycles. The van der Waals surface area contributed by atoms with Gasteiger partial charge in [0.05, 0.1) is 6.54 Å². The molecule has 2 fully saturated rings. The molecule has 0 saturated carbocycles. The molecule has 27 heavy (non-hydrogen) atoms. The van der Waals surface area contributed by atoms with Gasteiger partial charge in [-0.15, -0.1) is 0 Å². The van der Waals surface area contributed by atoms with Crippen molar-refractivity contribution in [1.82, 2.24) is 14.7 Å². The first kappa shape index (κ1) is 20.0. The summed E-state index contributed by atoms with van der Waals surface area (Å²) in [6.45, 7) is 9.91. The first-order valence-electron chi connectivity index (χ1n) is 9.72. The van der Waals surface area contributed by atoms with Crippen LogP contribution in [0.25, 0.3) is 0 Å². The van der Waals surface area contributed by atoms with E-state index < -0.39 is 0 Å². The second-order valence-electron chi connectivity index (χ2n) is 7.95. The number of anilines is 1. The number of hydrogen-bond donors (Lipinski definition) is 1. The summed E-state index contributed by atoms with van der Waals surface area (Å²) < 4.78 is 13.0. The standard InChI is InChI=1S/C20H29FN4OS/c1-15-11-16(2)13-25(12-15)19(26)14-23-7-9-24(10-8-23)20(27)22-18-5-3-17(21)4-6-18/h3-6,15-16H,7-14H2,1-2H3,(H,22,27)/t15-,16-/m0/s1. The first-order valence-corrected chi connectivity index (χ1v) is 10.1. The van der Waals surface area contributed by atoms with Crippen LogP contribution >= 0.6 is 12.2 Å². The largest absolute Gasteiger partial charge is 0.346 e. The van der Waals surface area contributed by atoms with Crippen LogP contribution in [-0.2, 0) is 4.79 Å². The quantitative estimate of drug-likeness (QED) is 0.801. The number of hydrogen-bond acceptors (Lipinski definition) is 3. The third kappa shape index (κ3) is 5.62. The average molecular weight is 393 g/mol. The molecule has 0 bridgehead atoms. The maximum atomic E-state index is 13.0. The van der Waals surface area contributed by atoms with E-state index in [4.69, 9.17) is 12.2 Å². The van der Waals surface area contributed by atoms with Crippen LogP contribution in [0.15, 0.2) is 24.3 Å². The number of nitrogens with one attached hydrogen (secondary N) is 1. The van der Waals surface area contributed by atoms with Crippen LogP contribution in [0.5, 0.6) is 0 Å². The Morgan fingerprint density at radius 1 is 1.07 bits per heavy atom. The van der Waals surface area contributed by atoms with Gasteiger partial charge in [0, 0.05) is 45.0 Å². The Balaban J connectivity index is 1.43. The number of likely N-dealkylation sites (tertiary alicyclic amines) is 1. The van der Waals surface area contributed by atoms with Crippen molar-refractivity contribution >= 4 is 28.9 Å². The Kier molecular flexibility index (Phi) is 6.65. The minimum atomic E-state index is -0.262. The van der Waals surface area contributed by atoms with Gasteiger partial charge in [-0.25, -0.2) is 4.39 Å². The highest BCUT2D eigenvalue weighted by Crippen LogP contribution is 2.21. The summed E-state index contributed by atoms with van der Waals surface area (Å²) in [6.07, 6.45) is 1.21. The van der Waals surface area contributed by atoms with Crippen LogP contribution in [0.1, 0.15) is 20.3 Å². The molecule has 1 amide bonds. The van der Waals surface area contributed by atoms with Crippen LogP contribution in [0, 0.1) is 17.7 Å². The zero-order chi connectivity index (χ0) is 19.4. The number of amides is 1. The first-order chi connectivity index (χ1) is 12.9. The normalized spacial score (nSPS) is 24.0. The van der Waals surface area contributed by atoms with E-state index in [-0.39, 0.29) is 11.7 Å². The fourth-order valence-electron chi connectivity index (χ4n) is 4.00. The van der Waals surface area contributed by atoms with E-state index in [0.29, 0.717) is 23.5 Å². The Morgan fingerprint density at radius 3 is 2.26 bits per heavy atom. The van der Waals surface area contributed by atoms with Crippen LogP contribution in [0.4, 0.5) is 10.1 Å². The molecule has 2 saturated heterocycles. The molecule has 0 aromatic heterocycles. The molecule has 0 spiro atoms. The van der Waals surface area contributed by atoms with Gasteiger partial charge >= 0.3 is 0 Å². The molecule has 2 aliphatic heterocycles. The van der Waals surface area contributed by atoms with E-state index in [2.05, 4.69) is 29.0 Å². The van der Waals surface area contributed by atoms with Crippen LogP contribution in [0.3, 0.4) is 0 Å². The molecule has 3 rings (SSSR count). The maximum Gasteiger partial charge on any atom is 0.236 e. The SMILES string of the molecule is C[C@H]1C[C@H](C)CN(C(=O)CN2CCN(C(=S)Nc3ccc(F)cc3)CC2)C1. The zero-order valence-electron chi connectivity index (χ0n) is 16.2. The highest BCUT2D eigenvalue weighted by molar-refractivity contribution is 7.80. The highest BCUT2D eigenvalue weighted by Gasteiger charge is 2.27. The fourth-order valence-corrected chi connectivity index (χ4v) is 4.30. The molecular weight excluding hydrogens is 363 g/mol. The molecule has 0 aliphatic carbocycles. The van der Waals surface area contributed by atoms with Gasteiger partial charge in [-0.2, -0.15) is 0 Å². The number of carbonyl (C=O) groups excluding carboxylic acids is 1. The van der Waals surface area contributed by atoms with Gasteiger partial charge in [-0.05, 0) is 54.7 Å². The number of piperidine rings is 1. The predicted octanol–water partition coefficient (Wildman–Crippen LogP) is 2.64. The fraction of sp³-hybridized carbons (Fsp3) is 0.600. The molecule has 0 unspecified atom stereocenters. The molecule has 2 heterocycles. The summed E-state index contributed by atoms with van der Waals surface area (Å²) in [5, 5.41) is 3.80. The Morgan fingerprint density at radius 2 is 1.67 bits per heavy atom. The second-order valence-corrected chi connectivity index (χ2v) is 8.33. The summed E-state index contributed by atoms with van der Waals surface area (Å²) in [5.41, 5.74) is 0.785. The number of piperazine rings is 1. The van der Waals surface area contributed by atoms with Crippen LogP contribution in [-0.4, -0.2) is 71.5 Å². The van der Waals surface area contributed by atoms with Gasteiger partial charge < -0.3 is 15.1 Å². The Labute approximate surface area is 166 Å². The molecule has 7 heteroatoms. The molecule has 1 aromatic rings. The van der Waals surface area contributed by atoms with Crippen molar-refractivity contribution in [3.63, 3.8) is 0 Å². The van der Waals surface area contributed by atoms with Crippen molar-refractivity contribution in [2.24, 2.45) is 11.8 Å². The van der Waals surface area contributed by atoms with Gasteiger partial charge in [-0.1, -0.05) is 13.8 Å². The van der Waals surface area contributed by atoms with E-state index in [9.17, 15) is 9.18 Å². The minimum Gasteiger partial charge on any atom is -0.346 e. The Hall–Kier alpha value is -1.73. The minimum absolute atomic E-state index is 0.244. The number of halogens is 1. The third-order valence-electron chi connectivity index (χ3n) is 5.34. The van der Waals surface area contributed by atoms with Crippen molar-refractivity contribution in [2.45, 2.75) is 20.3 Å². The number of carbonyl (C=O) groups is 1. The number of rotatable bonds is 3. The van der Waals surface area contributed by atoms with Crippen molar-refractivity contribution in [2.75, 3.05) is 51.1 Å². The molecule has 1 N–H and O–H groups in total. The van der Waals surface area contributed by atoms with Crippen LogP contribution < -0.4 is 5.32 Å². The predicted molar refractivity (Wildman–Crippen MR) is 110 cm³/mol. The van der Waals surface area contributed by atoms with Gasteiger partial charge in [-0.3, -0.25) is 9.69 Å². The van der Waals surface area contributed by atoms with Crippen molar-refractivity contribution in [3.05, 3.63) is 30.1 Å². The van der Waals surface area contributed by atoms with Crippen LogP contribution in [0.2, 0.25) is 0 Å². The van der Waals surface area contributed by atoms with Gasteiger partial charge in [0.1, 0.15) is 5.82 Å².